The van der Waals surface area contributed by atoms with Gasteiger partial charge in [0.15, 0.2) is 0 Å². The van der Waals surface area contributed by atoms with Crippen LogP contribution in [0.3, 0.4) is 0 Å². The number of hydrogen-bond acceptors (Lipinski definition) is 3. The molecule has 0 aliphatic heterocycles. The van der Waals surface area contributed by atoms with Crippen molar-refractivity contribution in [1.29, 1.82) is 0 Å². The topological polar surface area (TPSA) is 52.0 Å². The molecule has 0 aliphatic carbocycles. The molecule has 1 aromatic heterocycles. The SMILES string of the molecule is O=C([Se]c1ccccc1)c1ccccc1-n1cnc2ccccc2c1=O. The molecule has 0 N–H and O–H groups in total. The fraction of sp³-hybridized carbons (Fsp3) is 0. The molecule has 0 spiro atoms. The Morgan fingerprint density at radius 2 is 1.54 bits per heavy atom. The third kappa shape index (κ3) is 3.10. The minimum absolute atomic E-state index is 0.0272. The van der Waals surface area contributed by atoms with Gasteiger partial charge in [-0.15, -0.1) is 0 Å². The van der Waals surface area contributed by atoms with Gasteiger partial charge in [0, 0.05) is 0 Å². The summed E-state index contributed by atoms with van der Waals surface area (Å²) in [6.07, 6.45) is 1.49. The number of carbonyl (C=O) groups excluding carboxylic acids is 1. The minimum atomic E-state index is -0.356. The number of fused-ring (bicyclic) bond motifs is 1. The van der Waals surface area contributed by atoms with E-state index in [9.17, 15) is 9.59 Å². The van der Waals surface area contributed by atoms with E-state index in [0.29, 0.717) is 22.2 Å². The first kappa shape index (κ1) is 16.5. The van der Waals surface area contributed by atoms with Crippen molar-refractivity contribution in [2.24, 2.45) is 0 Å². The average molecular weight is 405 g/mol. The summed E-state index contributed by atoms with van der Waals surface area (Å²) in [5.41, 5.74) is 1.57. The Labute approximate surface area is 156 Å². The van der Waals surface area contributed by atoms with Gasteiger partial charge in [-0.3, -0.25) is 0 Å². The van der Waals surface area contributed by atoms with E-state index in [0.717, 1.165) is 4.46 Å². The van der Waals surface area contributed by atoms with Crippen LogP contribution < -0.4 is 10.0 Å². The van der Waals surface area contributed by atoms with Gasteiger partial charge in [-0.05, 0) is 0 Å². The molecule has 1 heterocycles. The second-order valence-corrected chi connectivity index (χ2v) is 7.85. The third-order valence-corrected chi connectivity index (χ3v) is 5.92. The molecule has 0 aliphatic rings. The van der Waals surface area contributed by atoms with Crippen LogP contribution in [0.25, 0.3) is 16.6 Å². The molecule has 0 amide bonds. The Kier molecular flexibility index (Phi) is 4.48. The van der Waals surface area contributed by atoms with Crippen molar-refractivity contribution in [2.45, 2.75) is 0 Å². The van der Waals surface area contributed by atoms with Crippen LogP contribution in [0.2, 0.25) is 0 Å². The molecule has 4 aromatic rings. The molecule has 126 valence electrons. The van der Waals surface area contributed by atoms with Crippen LogP contribution in [0.4, 0.5) is 0 Å². The van der Waals surface area contributed by atoms with E-state index in [-0.39, 0.29) is 25.2 Å². The van der Waals surface area contributed by atoms with Gasteiger partial charge in [-0.1, -0.05) is 0 Å². The molecule has 0 unspecified atom stereocenters. The summed E-state index contributed by atoms with van der Waals surface area (Å²) >= 11 is -0.356. The summed E-state index contributed by atoms with van der Waals surface area (Å²) in [5.74, 6) is 0. The summed E-state index contributed by atoms with van der Waals surface area (Å²) < 4.78 is 2.49. The number of rotatable bonds is 4. The van der Waals surface area contributed by atoms with Crippen molar-refractivity contribution in [3.63, 3.8) is 0 Å². The summed E-state index contributed by atoms with van der Waals surface area (Å²) in [4.78, 5) is 30.1. The molecule has 0 atom stereocenters. The van der Waals surface area contributed by atoms with Crippen LogP contribution >= 0.6 is 0 Å². The standard InChI is InChI=1S/C21H14N2O2Se/c24-20-16-10-4-6-12-18(16)22-14-23(20)19-13-7-5-11-17(19)21(25)26-15-8-2-1-3-9-15/h1-14H. The van der Waals surface area contributed by atoms with E-state index in [2.05, 4.69) is 4.98 Å². The summed E-state index contributed by atoms with van der Waals surface area (Å²) in [6.45, 7) is 0. The number of para-hydroxylation sites is 2. The van der Waals surface area contributed by atoms with Crippen LogP contribution in [-0.4, -0.2) is 29.2 Å². The van der Waals surface area contributed by atoms with E-state index < -0.39 is 0 Å². The van der Waals surface area contributed by atoms with E-state index in [1.165, 1.54) is 10.9 Å². The van der Waals surface area contributed by atoms with Crippen molar-refractivity contribution in [2.75, 3.05) is 0 Å². The molecule has 5 heteroatoms. The second-order valence-electron chi connectivity index (χ2n) is 5.66. The zero-order valence-corrected chi connectivity index (χ0v) is 15.4. The van der Waals surface area contributed by atoms with Gasteiger partial charge in [0.05, 0.1) is 0 Å². The van der Waals surface area contributed by atoms with Crippen molar-refractivity contribution < 1.29 is 4.79 Å². The second kappa shape index (κ2) is 7.08. The molecule has 0 saturated carbocycles. The van der Waals surface area contributed by atoms with Crippen LogP contribution in [0.1, 0.15) is 10.4 Å². The Bertz CT molecular complexity index is 1150. The fourth-order valence-electron chi connectivity index (χ4n) is 2.75. The van der Waals surface area contributed by atoms with Crippen LogP contribution in [0.15, 0.2) is 90.0 Å². The van der Waals surface area contributed by atoms with Gasteiger partial charge < -0.3 is 0 Å². The van der Waals surface area contributed by atoms with Crippen molar-refractivity contribution in [3.05, 3.63) is 101 Å². The first-order valence-corrected chi connectivity index (χ1v) is 9.78. The molecule has 4 rings (SSSR count). The maximum absolute atomic E-state index is 12.9. The van der Waals surface area contributed by atoms with Gasteiger partial charge in [0.1, 0.15) is 0 Å². The van der Waals surface area contributed by atoms with Crippen LogP contribution in [-0.2, 0) is 0 Å². The van der Waals surface area contributed by atoms with Crippen molar-refractivity contribution >= 4 is 35.0 Å². The van der Waals surface area contributed by atoms with E-state index in [1.807, 2.05) is 54.6 Å². The summed E-state index contributed by atoms with van der Waals surface area (Å²) in [6, 6.07) is 24.1. The van der Waals surface area contributed by atoms with Gasteiger partial charge in [0.2, 0.25) is 0 Å². The first-order valence-electron chi connectivity index (χ1n) is 8.07. The Morgan fingerprint density at radius 1 is 0.846 bits per heavy atom. The van der Waals surface area contributed by atoms with Gasteiger partial charge in [-0.2, -0.15) is 0 Å². The third-order valence-electron chi connectivity index (χ3n) is 4.00. The Morgan fingerprint density at radius 3 is 2.38 bits per heavy atom. The molecule has 0 fully saturated rings. The molecule has 4 nitrogen and oxygen atoms in total. The molecule has 26 heavy (non-hydrogen) atoms. The van der Waals surface area contributed by atoms with Gasteiger partial charge in [-0.25, -0.2) is 0 Å². The summed E-state index contributed by atoms with van der Waals surface area (Å²) in [5, 5.41) is 0.533. The van der Waals surface area contributed by atoms with Gasteiger partial charge in [0.25, 0.3) is 0 Å². The maximum atomic E-state index is 12.9. The number of nitrogens with zero attached hydrogens (tertiary/aromatic N) is 2. The predicted octanol–water partition coefficient (Wildman–Crippen LogP) is 2.56. The number of benzene rings is 3. The van der Waals surface area contributed by atoms with Gasteiger partial charge >= 0.3 is 156 Å². The molecular weight excluding hydrogens is 391 g/mol. The van der Waals surface area contributed by atoms with Crippen molar-refractivity contribution in [1.82, 2.24) is 9.55 Å². The zero-order chi connectivity index (χ0) is 17.9. The predicted molar refractivity (Wildman–Crippen MR) is 104 cm³/mol. The normalized spacial score (nSPS) is 10.8. The van der Waals surface area contributed by atoms with E-state index >= 15 is 0 Å². The molecule has 3 aromatic carbocycles. The molecule has 0 saturated heterocycles. The average Bonchev–Trinajstić information content (AvgIpc) is 2.69. The number of hydrogen-bond donors (Lipinski definition) is 0. The van der Waals surface area contributed by atoms with Crippen molar-refractivity contribution in [3.8, 4) is 5.69 Å². The molecule has 0 bridgehead atoms. The summed E-state index contributed by atoms with van der Waals surface area (Å²) in [7, 11) is 0. The molecule has 0 radical (unpaired) electrons. The van der Waals surface area contributed by atoms with E-state index in [4.69, 9.17) is 0 Å². The Balaban J connectivity index is 1.80. The quantitative estimate of drug-likeness (QED) is 0.491. The van der Waals surface area contributed by atoms with Crippen LogP contribution in [0, 0.1) is 0 Å². The van der Waals surface area contributed by atoms with E-state index in [1.54, 1.807) is 24.3 Å². The Hall–Kier alpha value is -3.01. The first-order chi connectivity index (χ1) is 12.7. The van der Waals surface area contributed by atoms with Crippen LogP contribution in [0.5, 0.6) is 0 Å². The monoisotopic (exact) mass is 406 g/mol. The zero-order valence-electron chi connectivity index (χ0n) is 13.7. The fourth-order valence-corrected chi connectivity index (χ4v) is 4.40. The number of carbonyl (C=O) groups is 1. The number of aromatic nitrogens is 2. The molecular formula is C21H14N2O2Se.